The molecule has 0 spiro atoms. The van der Waals surface area contributed by atoms with E-state index in [1.165, 1.54) is 6.08 Å². The summed E-state index contributed by atoms with van der Waals surface area (Å²) in [5.74, 6) is -0.817. The molecule has 7 heteroatoms. The summed E-state index contributed by atoms with van der Waals surface area (Å²) in [7, 11) is 0. The van der Waals surface area contributed by atoms with Gasteiger partial charge in [-0.3, -0.25) is 14.4 Å². The molecule has 0 fully saturated rings. The molecule has 3 aromatic rings. The van der Waals surface area contributed by atoms with E-state index in [9.17, 15) is 14.4 Å². The monoisotopic (exact) mass is 412 g/mol. The van der Waals surface area contributed by atoms with Gasteiger partial charge in [0.15, 0.2) is 0 Å². The van der Waals surface area contributed by atoms with Crippen molar-refractivity contribution < 1.29 is 14.4 Å². The molecule has 3 amide bonds. The molecule has 31 heavy (non-hydrogen) atoms. The summed E-state index contributed by atoms with van der Waals surface area (Å²) >= 11 is 0. The molecule has 0 unspecified atom stereocenters. The van der Waals surface area contributed by atoms with Gasteiger partial charge in [-0.1, -0.05) is 42.5 Å². The number of fused-ring (bicyclic) bond motifs is 1. The SMILES string of the molecule is Nc1ccccc1NC(=O)c1ccc(CNC(=O)/C=C2\NC(=O)c3ccccc32)cc1. The van der Waals surface area contributed by atoms with Crippen LogP contribution in [0.1, 0.15) is 31.8 Å². The fourth-order valence-corrected chi connectivity index (χ4v) is 3.24. The van der Waals surface area contributed by atoms with Crippen LogP contribution in [-0.2, 0) is 11.3 Å². The number of hydrogen-bond donors (Lipinski definition) is 4. The summed E-state index contributed by atoms with van der Waals surface area (Å²) in [6, 6.07) is 21.0. The molecule has 7 nitrogen and oxygen atoms in total. The predicted molar refractivity (Wildman–Crippen MR) is 119 cm³/mol. The molecular weight excluding hydrogens is 392 g/mol. The molecule has 4 rings (SSSR count). The number of anilines is 2. The second-order valence-corrected chi connectivity index (χ2v) is 7.01. The third kappa shape index (κ3) is 4.45. The van der Waals surface area contributed by atoms with Crippen LogP contribution in [0.3, 0.4) is 0 Å². The Morgan fingerprint density at radius 3 is 2.32 bits per heavy atom. The van der Waals surface area contributed by atoms with Gasteiger partial charge in [0, 0.05) is 29.3 Å². The number of hydrogen-bond acceptors (Lipinski definition) is 4. The lowest BCUT2D eigenvalue weighted by atomic mass is 10.1. The summed E-state index contributed by atoms with van der Waals surface area (Å²) < 4.78 is 0. The molecule has 5 N–H and O–H groups in total. The highest BCUT2D eigenvalue weighted by atomic mass is 16.2. The minimum absolute atomic E-state index is 0.222. The number of para-hydroxylation sites is 2. The van der Waals surface area contributed by atoms with Gasteiger partial charge in [0.25, 0.3) is 11.8 Å². The van der Waals surface area contributed by atoms with Crippen LogP contribution in [0.5, 0.6) is 0 Å². The molecule has 1 aliphatic heterocycles. The average Bonchev–Trinajstić information content (AvgIpc) is 3.09. The molecule has 3 aromatic carbocycles. The normalized spacial score (nSPS) is 13.4. The van der Waals surface area contributed by atoms with Gasteiger partial charge in [0.05, 0.1) is 17.1 Å². The van der Waals surface area contributed by atoms with Gasteiger partial charge in [-0.2, -0.15) is 0 Å². The first-order valence-corrected chi connectivity index (χ1v) is 9.66. The van der Waals surface area contributed by atoms with Crippen LogP contribution in [0.15, 0.2) is 78.9 Å². The van der Waals surface area contributed by atoms with Crippen LogP contribution in [0.4, 0.5) is 11.4 Å². The van der Waals surface area contributed by atoms with Crippen molar-refractivity contribution in [2.24, 2.45) is 0 Å². The maximum absolute atomic E-state index is 12.4. The highest BCUT2D eigenvalue weighted by Crippen LogP contribution is 2.23. The van der Waals surface area contributed by atoms with E-state index in [0.717, 1.165) is 5.56 Å². The molecule has 0 atom stereocenters. The van der Waals surface area contributed by atoms with E-state index in [-0.39, 0.29) is 24.3 Å². The van der Waals surface area contributed by atoms with Gasteiger partial charge < -0.3 is 21.7 Å². The Labute approximate surface area is 179 Å². The largest absolute Gasteiger partial charge is 0.397 e. The molecule has 0 aromatic heterocycles. The van der Waals surface area contributed by atoms with E-state index < -0.39 is 0 Å². The van der Waals surface area contributed by atoms with Crippen molar-refractivity contribution in [2.75, 3.05) is 11.1 Å². The fraction of sp³-hybridized carbons (Fsp3) is 0.0417. The maximum Gasteiger partial charge on any atom is 0.256 e. The van der Waals surface area contributed by atoms with Crippen LogP contribution in [0, 0.1) is 0 Å². The molecule has 1 heterocycles. The third-order valence-corrected chi connectivity index (χ3v) is 4.88. The Hall–Kier alpha value is -4.39. The number of nitrogens with two attached hydrogens (primary N) is 1. The van der Waals surface area contributed by atoms with Crippen LogP contribution < -0.4 is 21.7 Å². The van der Waals surface area contributed by atoms with Gasteiger partial charge in [-0.05, 0) is 35.9 Å². The minimum Gasteiger partial charge on any atom is -0.397 e. The van der Waals surface area contributed by atoms with Crippen LogP contribution in [0.2, 0.25) is 0 Å². The molecule has 0 aliphatic carbocycles. The van der Waals surface area contributed by atoms with E-state index in [2.05, 4.69) is 16.0 Å². The number of nitrogens with one attached hydrogen (secondary N) is 3. The predicted octanol–water partition coefficient (Wildman–Crippen LogP) is 2.92. The molecule has 0 saturated carbocycles. The number of benzene rings is 3. The number of amides is 3. The molecule has 0 bridgehead atoms. The van der Waals surface area contributed by atoms with Crippen LogP contribution >= 0.6 is 0 Å². The Morgan fingerprint density at radius 1 is 0.903 bits per heavy atom. The average molecular weight is 412 g/mol. The first-order chi connectivity index (χ1) is 15.0. The van der Waals surface area contributed by atoms with Crippen LogP contribution in [-0.4, -0.2) is 17.7 Å². The number of nitrogen functional groups attached to an aromatic ring is 1. The van der Waals surface area contributed by atoms with Crippen molar-refractivity contribution in [2.45, 2.75) is 6.54 Å². The summed E-state index contributed by atoms with van der Waals surface area (Å²) in [5, 5.41) is 8.26. The smallest absolute Gasteiger partial charge is 0.256 e. The van der Waals surface area contributed by atoms with Crippen molar-refractivity contribution in [3.63, 3.8) is 0 Å². The topological polar surface area (TPSA) is 113 Å². The van der Waals surface area contributed by atoms with Crippen molar-refractivity contribution in [1.29, 1.82) is 0 Å². The van der Waals surface area contributed by atoms with E-state index >= 15 is 0 Å². The zero-order chi connectivity index (χ0) is 21.8. The Kier molecular flexibility index (Phi) is 5.49. The number of rotatable bonds is 5. The quantitative estimate of drug-likeness (QED) is 0.381. The first kappa shape index (κ1) is 19.9. The lowest BCUT2D eigenvalue weighted by Crippen LogP contribution is -2.22. The van der Waals surface area contributed by atoms with Crippen LogP contribution in [0.25, 0.3) is 5.70 Å². The summed E-state index contributed by atoms with van der Waals surface area (Å²) in [6.07, 6.45) is 1.37. The fourth-order valence-electron chi connectivity index (χ4n) is 3.24. The molecular formula is C24H20N4O3. The van der Waals surface area contributed by atoms with Gasteiger partial charge in [0.2, 0.25) is 5.91 Å². The van der Waals surface area contributed by atoms with Crippen molar-refractivity contribution in [3.05, 3.63) is 101 Å². The maximum atomic E-state index is 12.4. The Morgan fingerprint density at radius 2 is 1.58 bits per heavy atom. The summed E-state index contributed by atoms with van der Waals surface area (Å²) in [6.45, 7) is 0.283. The molecule has 0 radical (unpaired) electrons. The van der Waals surface area contributed by atoms with Crippen molar-refractivity contribution in [3.8, 4) is 0 Å². The zero-order valence-electron chi connectivity index (χ0n) is 16.5. The van der Waals surface area contributed by atoms with E-state index in [0.29, 0.717) is 33.8 Å². The summed E-state index contributed by atoms with van der Waals surface area (Å²) in [5.41, 5.74) is 9.93. The van der Waals surface area contributed by atoms with Crippen molar-refractivity contribution >= 4 is 34.8 Å². The second-order valence-electron chi connectivity index (χ2n) is 7.01. The summed E-state index contributed by atoms with van der Waals surface area (Å²) in [4.78, 5) is 36.6. The Bertz CT molecular complexity index is 1200. The highest BCUT2D eigenvalue weighted by molar-refractivity contribution is 6.12. The zero-order valence-corrected chi connectivity index (χ0v) is 16.5. The standard InChI is InChI=1S/C24H20N4O3/c25-19-7-3-4-8-20(19)27-23(30)16-11-9-15(10-12-16)14-26-22(29)13-21-17-5-1-2-6-18(17)24(31)28-21/h1-13H,14,25H2,(H,26,29)(H,27,30)(H,28,31)/b21-13-. The van der Waals surface area contributed by atoms with Crippen molar-refractivity contribution in [1.82, 2.24) is 10.6 Å². The molecule has 154 valence electrons. The van der Waals surface area contributed by atoms with Gasteiger partial charge in [-0.25, -0.2) is 0 Å². The van der Waals surface area contributed by atoms with E-state index in [4.69, 9.17) is 5.73 Å². The minimum atomic E-state index is -0.326. The molecule has 1 aliphatic rings. The van der Waals surface area contributed by atoms with E-state index in [1.807, 2.05) is 6.07 Å². The number of carbonyl (C=O) groups excluding carboxylic acids is 3. The Balaban J connectivity index is 1.36. The van der Waals surface area contributed by atoms with E-state index in [1.54, 1.807) is 66.7 Å². The molecule has 0 saturated heterocycles. The lowest BCUT2D eigenvalue weighted by Gasteiger charge is -2.09. The van der Waals surface area contributed by atoms with Gasteiger partial charge >= 0.3 is 0 Å². The first-order valence-electron chi connectivity index (χ1n) is 9.66. The lowest BCUT2D eigenvalue weighted by molar-refractivity contribution is -0.116. The number of carbonyl (C=O) groups is 3. The van der Waals surface area contributed by atoms with Gasteiger partial charge in [-0.15, -0.1) is 0 Å². The second kappa shape index (κ2) is 8.54. The highest BCUT2D eigenvalue weighted by Gasteiger charge is 2.23. The third-order valence-electron chi connectivity index (χ3n) is 4.88. The van der Waals surface area contributed by atoms with Gasteiger partial charge in [0.1, 0.15) is 0 Å².